The van der Waals surface area contributed by atoms with Crippen LogP contribution in [0.4, 0.5) is 0 Å². The van der Waals surface area contributed by atoms with Gasteiger partial charge in [-0.25, -0.2) is 0 Å². The number of rotatable bonds is 6. The van der Waals surface area contributed by atoms with Crippen LogP contribution in [0.5, 0.6) is 0 Å². The van der Waals surface area contributed by atoms with Crippen LogP contribution in [-0.4, -0.2) is 48.4 Å². The fourth-order valence-electron chi connectivity index (χ4n) is 1.32. The van der Waals surface area contributed by atoms with Crippen molar-refractivity contribution in [1.82, 2.24) is 9.80 Å². The zero-order valence-electron chi connectivity index (χ0n) is 11.0. The molecule has 0 aliphatic carbocycles. The van der Waals surface area contributed by atoms with Crippen molar-refractivity contribution in [2.45, 2.75) is 33.7 Å². The van der Waals surface area contributed by atoms with Gasteiger partial charge in [0.05, 0.1) is 18.5 Å². The van der Waals surface area contributed by atoms with E-state index in [2.05, 4.69) is 6.07 Å². The molecule has 1 amide bonds. The fourth-order valence-corrected chi connectivity index (χ4v) is 1.32. The molecule has 92 valence electrons. The van der Waals surface area contributed by atoms with Gasteiger partial charge in [0.25, 0.3) is 0 Å². The number of carbonyl (C=O) groups is 1. The lowest BCUT2D eigenvalue weighted by molar-refractivity contribution is -0.132. The summed E-state index contributed by atoms with van der Waals surface area (Å²) >= 11 is 0. The number of nitrogens with zero attached hydrogens (tertiary/aromatic N) is 3. The van der Waals surface area contributed by atoms with Gasteiger partial charge in [0.1, 0.15) is 0 Å². The van der Waals surface area contributed by atoms with Crippen LogP contribution in [0.3, 0.4) is 0 Å². The number of amides is 1. The van der Waals surface area contributed by atoms with E-state index in [0.29, 0.717) is 13.1 Å². The molecule has 0 saturated carbocycles. The molecule has 0 rings (SSSR count). The van der Waals surface area contributed by atoms with E-state index in [9.17, 15) is 4.79 Å². The maximum Gasteiger partial charge on any atom is 0.236 e. The molecule has 0 saturated heterocycles. The third-order valence-electron chi connectivity index (χ3n) is 2.73. The molecule has 0 aromatic carbocycles. The molecule has 0 aromatic heterocycles. The van der Waals surface area contributed by atoms with Crippen LogP contribution in [-0.2, 0) is 4.79 Å². The van der Waals surface area contributed by atoms with E-state index in [4.69, 9.17) is 5.26 Å². The Bertz CT molecular complexity index is 257. The van der Waals surface area contributed by atoms with Gasteiger partial charge >= 0.3 is 0 Å². The highest BCUT2D eigenvalue weighted by Crippen LogP contribution is 2.01. The first-order valence-corrected chi connectivity index (χ1v) is 5.80. The minimum absolute atomic E-state index is 0.0305. The molecule has 0 aromatic rings. The van der Waals surface area contributed by atoms with E-state index in [1.807, 2.05) is 39.6 Å². The van der Waals surface area contributed by atoms with E-state index in [1.54, 1.807) is 4.90 Å². The van der Waals surface area contributed by atoms with Crippen LogP contribution in [0.15, 0.2) is 0 Å². The number of nitriles is 1. The van der Waals surface area contributed by atoms with Crippen LogP contribution in [0.2, 0.25) is 0 Å². The highest BCUT2D eigenvalue weighted by molar-refractivity contribution is 5.78. The topological polar surface area (TPSA) is 47.3 Å². The summed E-state index contributed by atoms with van der Waals surface area (Å²) in [5, 5.41) is 8.74. The highest BCUT2D eigenvalue weighted by atomic mass is 16.2. The summed E-state index contributed by atoms with van der Waals surface area (Å²) in [5.74, 6) is 0.0825. The quantitative estimate of drug-likeness (QED) is 0.685. The Morgan fingerprint density at radius 2 is 1.94 bits per heavy atom. The number of hydrogen-bond donors (Lipinski definition) is 0. The second-order valence-corrected chi connectivity index (χ2v) is 4.46. The smallest absolute Gasteiger partial charge is 0.236 e. The molecule has 0 aliphatic rings. The van der Waals surface area contributed by atoms with Gasteiger partial charge in [-0.3, -0.25) is 9.69 Å². The van der Waals surface area contributed by atoms with Crippen molar-refractivity contribution in [3.63, 3.8) is 0 Å². The average Bonchev–Trinajstić information content (AvgIpc) is 2.26. The first kappa shape index (κ1) is 14.9. The summed E-state index contributed by atoms with van der Waals surface area (Å²) in [4.78, 5) is 15.6. The number of likely N-dealkylation sites (N-methyl/N-ethyl adjacent to an activating group) is 2. The van der Waals surface area contributed by atoms with E-state index in [1.165, 1.54) is 0 Å². The SMILES string of the molecule is CCN(CC(=O)N(C)C(C)C)CC(C)C#N. The number of hydrogen-bond acceptors (Lipinski definition) is 3. The maximum atomic E-state index is 11.8. The summed E-state index contributed by atoms with van der Waals surface area (Å²) in [6.07, 6.45) is 0. The monoisotopic (exact) mass is 225 g/mol. The molecule has 1 unspecified atom stereocenters. The van der Waals surface area contributed by atoms with Crippen molar-refractivity contribution >= 4 is 5.91 Å². The van der Waals surface area contributed by atoms with Gasteiger partial charge in [0, 0.05) is 19.6 Å². The van der Waals surface area contributed by atoms with Crippen molar-refractivity contribution < 1.29 is 4.79 Å². The normalized spacial score (nSPS) is 12.6. The summed E-state index contributed by atoms with van der Waals surface area (Å²) in [6, 6.07) is 2.41. The van der Waals surface area contributed by atoms with Crippen molar-refractivity contribution in [3.8, 4) is 6.07 Å². The van der Waals surface area contributed by atoms with E-state index < -0.39 is 0 Å². The predicted octanol–water partition coefficient (Wildman–Crippen LogP) is 1.33. The van der Waals surface area contributed by atoms with Crippen molar-refractivity contribution in [2.75, 3.05) is 26.7 Å². The molecule has 0 N–H and O–H groups in total. The Morgan fingerprint density at radius 1 is 1.38 bits per heavy atom. The second kappa shape index (κ2) is 7.24. The summed E-state index contributed by atoms with van der Waals surface area (Å²) in [5.41, 5.74) is 0. The first-order valence-electron chi connectivity index (χ1n) is 5.80. The third-order valence-corrected chi connectivity index (χ3v) is 2.73. The van der Waals surface area contributed by atoms with Crippen LogP contribution in [0, 0.1) is 17.2 Å². The molecular formula is C12H23N3O. The van der Waals surface area contributed by atoms with Gasteiger partial charge in [-0.05, 0) is 27.3 Å². The van der Waals surface area contributed by atoms with Gasteiger partial charge in [0.15, 0.2) is 0 Å². The molecule has 4 nitrogen and oxygen atoms in total. The largest absolute Gasteiger partial charge is 0.342 e. The first-order chi connectivity index (χ1) is 7.42. The van der Waals surface area contributed by atoms with Crippen molar-refractivity contribution in [1.29, 1.82) is 5.26 Å². The Hall–Kier alpha value is -1.08. The zero-order valence-corrected chi connectivity index (χ0v) is 11.0. The minimum atomic E-state index is -0.0305. The highest BCUT2D eigenvalue weighted by Gasteiger charge is 2.16. The second-order valence-electron chi connectivity index (χ2n) is 4.46. The minimum Gasteiger partial charge on any atom is -0.342 e. The van der Waals surface area contributed by atoms with Crippen LogP contribution < -0.4 is 0 Å². The van der Waals surface area contributed by atoms with Crippen LogP contribution >= 0.6 is 0 Å². The van der Waals surface area contributed by atoms with Crippen molar-refractivity contribution in [2.24, 2.45) is 5.92 Å². The number of carbonyl (C=O) groups excluding carboxylic acids is 1. The lowest BCUT2D eigenvalue weighted by Gasteiger charge is -2.26. The Morgan fingerprint density at radius 3 is 2.31 bits per heavy atom. The molecule has 0 bridgehead atoms. The molecule has 0 spiro atoms. The molecule has 4 heteroatoms. The lowest BCUT2D eigenvalue weighted by Crippen LogP contribution is -2.42. The predicted molar refractivity (Wildman–Crippen MR) is 64.8 cm³/mol. The Balaban J connectivity index is 4.23. The Labute approximate surface area is 98.8 Å². The summed E-state index contributed by atoms with van der Waals surface area (Å²) in [6.45, 7) is 9.72. The van der Waals surface area contributed by atoms with Gasteiger partial charge in [0.2, 0.25) is 5.91 Å². The lowest BCUT2D eigenvalue weighted by atomic mass is 10.2. The molecule has 0 fully saturated rings. The summed E-state index contributed by atoms with van der Waals surface area (Å²) in [7, 11) is 1.81. The van der Waals surface area contributed by atoms with E-state index in [-0.39, 0.29) is 17.9 Å². The van der Waals surface area contributed by atoms with Crippen LogP contribution in [0.25, 0.3) is 0 Å². The molecule has 0 aliphatic heterocycles. The standard InChI is InChI=1S/C12H23N3O/c1-6-15(8-11(4)7-13)9-12(16)14(5)10(2)3/h10-11H,6,8-9H2,1-5H3. The Kier molecular flexibility index (Phi) is 6.75. The third kappa shape index (κ3) is 5.13. The van der Waals surface area contributed by atoms with Gasteiger partial charge in [-0.1, -0.05) is 6.92 Å². The van der Waals surface area contributed by atoms with Gasteiger partial charge < -0.3 is 4.90 Å². The molecule has 0 heterocycles. The maximum absolute atomic E-state index is 11.8. The summed E-state index contributed by atoms with van der Waals surface area (Å²) < 4.78 is 0. The van der Waals surface area contributed by atoms with Crippen LogP contribution in [0.1, 0.15) is 27.7 Å². The van der Waals surface area contributed by atoms with E-state index >= 15 is 0 Å². The zero-order chi connectivity index (χ0) is 12.7. The molecule has 16 heavy (non-hydrogen) atoms. The molecule has 1 atom stereocenters. The molecular weight excluding hydrogens is 202 g/mol. The van der Waals surface area contributed by atoms with Gasteiger partial charge in [-0.2, -0.15) is 5.26 Å². The van der Waals surface area contributed by atoms with E-state index in [0.717, 1.165) is 6.54 Å². The fraction of sp³-hybridized carbons (Fsp3) is 0.833. The van der Waals surface area contributed by atoms with Crippen molar-refractivity contribution in [3.05, 3.63) is 0 Å². The van der Waals surface area contributed by atoms with Gasteiger partial charge in [-0.15, -0.1) is 0 Å². The average molecular weight is 225 g/mol. The molecule has 0 radical (unpaired) electrons.